The van der Waals surface area contributed by atoms with Gasteiger partial charge < -0.3 is 15.4 Å². The number of carbonyl (C=O) groups is 1. The number of hydrogen-bond acceptors (Lipinski definition) is 5. The molecular formula is C15H17N3O2. The Morgan fingerprint density at radius 3 is 2.45 bits per heavy atom. The predicted octanol–water partition coefficient (Wildman–Crippen LogP) is 2.45. The minimum Gasteiger partial charge on any atom is -0.467 e. The monoisotopic (exact) mass is 271 g/mol. The maximum absolute atomic E-state index is 11.9. The fourth-order valence-corrected chi connectivity index (χ4v) is 1.84. The van der Waals surface area contributed by atoms with Crippen molar-refractivity contribution in [1.29, 1.82) is 0 Å². The van der Waals surface area contributed by atoms with Crippen LogP contribution in [0.5, 0.6) is 0 Å². The topological polar surface area (TPSA) is 63.2 Å². The average Bonchev–Trinajstić information content (AvgIpc) is 2.53. The van der Waals surface area contributed by atoms with Crippen molar-refractivity contribution in [3.05, 3.63) is 54.1 Å². The van der Waals surface area contributed by atoms with Gasteiger partial charge >= 0.3 is 5.97 Å². The minimum atomic E-state index is -0.583. The quantitative estimate of drug-likeness (QED) is 0.818. The molecule has 1 aromatic heterocycles. The summed E-state index contributed by atoms with van der Waals surface area (Å²) in [7, 11) is 3.17. The Balaban J connectivity index is 2.26. The summed E-state index contributed by atoms with van der Waals surface area (Å²) >= 11 is 0. The number of carbonyl (C=O) groups excluding carboxylic acids is 1. The Kier molecular flexibility index (Phi) is 4.55. The zero-order valence-corrected chi connectivity index (χ0v) is 11.5. The molecule has 2 N–H and O–H groups in total. The van der Waals surface area contributed by atoms with Gasteiger partial charge in [-0.2, -0.15) is 0 Å². The van der Waals surface area contributed by atoms with Gasteiger partial charge in [0.05, 0.1) is 7.11 Å². The van der Waals surface area contributed by atoms with E-state index in [4.69, 9.17) is 4.74 Å². The van der Waals surface area contributed by atoms with Crippen LogP contribution in [0.15, 0.2) is 48.5 Å². The molecule has 5 heteroatoms. The summed E-state index contributed by atoms with van der Waals surface area (Å²) in [5.41, 5.74) is 0.830. The van der Waals surface area contributed by atoms with E-state index in [1.54, 1.807) is 13.1 Å². The van der Waals surface area contributed by atoms with Gasteiger partial charge in [-0.25, -0.2) is 9.78 Å². The number of esters is 1. The Hall–Kier alpha value is -2.56. The SMILES string of the molecule is CNc1cccc(NC(C(=O)OC)c2ccccc2)n1. The van der Waals surface area contributed by atoms with Crippen molar-refractivity contribution >= 4 is 17.6 Å². The number of anilines is 2. The first-order valence-electron chi connectivity index (χ1n) is 6.28. The summed E-state index contributed by atoms with van der Waals surface area (Å²) in [6.07, 6.45) is 0. The van der Waals surface area contributed by atoms with Crippen LogP contribution in [0.4, 0.5) is 11.6 Å². The normalized spacial score (nSPS) is 11.5. The van der Waals surface area contributed by atoms with Gasteiger partial charge in [-0.05, 0) is 17.7 Å². The first-order chi connectivity index (χ1) is 9.74. The molecule has 20 heavy (non-hydrogen) atoms. The van der Waals surface area contributed by atoms with E-state index in [2.05, 4.69) is 15.6 Å². The molecule has 1 unspecified atom stereocenters. The van der Waals surface area contributed by atoms with E-state index in [9.17, 15) is 4.79 Å². The second kappa shape index (κ2) is 6.56. The molecule has 2 rings (SSSR count). The van der Waals surface area contributed by atoms with Crippen LogP contribution in [0.25, 0.3) is 0 Å². The molecule has 1 atom stereocenters. The Labute approximate surface area is 118 Å². The molecule has 0 aliphatic rings. The molecule has 0 fully saturated rings. The molecule has 0 amide bonds. The third-order valence-electron chi connectivity index (χ3n) is 2.87. The molecule has 1 heterocycles. The summed E-state index contributed by atoms with van der Waals surface area (Å²) in [6, 6.07) is 14.3. The number of nitrogens with one attached hydrogen (secondary N) is 2. The molecule has 0 bridgehead atoms. The first-order valence-corrected chi connectivity index (χ1v) is 6.28. The molecule has 0 aliphatic carbocycles. The fourth-order valence-electron chi connectivity index (χ4n) is 1.84. The largest absolute Gasteiger partial charge is 0.467 e. The fraction of sp³-hybridized carbons (Fsp3) is 0.200. The Morgan fingerprint density at radius 1 is 1.10 bits per heavy atom. The van der Waals surface area contributed by atoms with E-state index in [-0.39, 0.29) is 5.97 Å². The van der Waals surface area contributed by atoms with E-state index >= 15 is 0 Å². The van der Waals surface area contributed by atoms with Gasteiger partial charge in [0.1, 0.15) is 11.6 Å². The smallest absolute Gasteiger partial charge is 0.333 e. The highest BCUT2D eigenvalue weighted by Crippen LogP contribution is 2.20. The van der Waals surface area contributed by atoms with Crippen molar-refractivity contribution in [2.75, 3.05) is 24.8 Å². The molecular weight excluding hydrogens is 254 g/mol. The number of ether oxygens (including phenoxy) is 1. The number of rotatable bonds is 5. The number of hydrogen-bond donors (Lipinski definition) is 2. The third kappa shape index (κ3) is 3.26. The summed E-state index contributed by atoms with van der Waals surface area (Å²) in [6.45, 7) is 0. The third-order valence-corrected chi connectivity index (χ3v) is 2.87. The van der Waals surface area contributed by atoms with Gasteiger partial charge in [0.15, 0.2) is 6.04 Å². The van der Waals surface area contributed by atoms with Crippen LogP contribution in [-0.2, 0) is 9.53 Å². The molecule has 0 radical (unpaired) electrons. The second-order valence-corrected chi connectivity index (χ2v) is 4.17. The Bertz CT molecular complexity index is 572. The van der Waals surface area contributed by atoms with Crippen molar-refractivity contribution in [2.24, 2.45) is 0 Å². The molecule has 104 valence electrons. The van der Waals surface area contributed by atoms with Crippen LogP contribution in [-0.4, -0.2) is 25.1 Å². The van der Waals surface area contributed by atoms with Gasteiger partial charge in [-0.1, -0.05) is 36.4 Å². The van der Waals surface area contributed by atoms with Gasteiger partial charge in [-0.15, -0.1) is 0 Å². The van der Waals surface area contributed by atoms with E-state index in [1.807, 2.05) is 42.5 Å². The van der Waals surface area contributed by atoms with Crippen molar-refractivity contribution in [3.8, 4) is 0 Å². The highest BCUT2D eigenvalue weighted by Gasteiger charge is 2.21. The number of aromatic nitrogens is 1. The lowest BCUT2D eigenvalue weighted by Gasteiger charge is -2.17. The maximum atomic E-state index is 11.9. The molecule has 0 aliphatic heterocycles. The molecule has 1 aromatic carbocycles. The van der Waals surface area contributed by atoms with Crippen LogP contribution in [0.2, 0.25) is 0 Å². The van der Waals surface area contributed by atoms with Gasteiger partial charge in [-0.3, -0.25) is 0 Å². The van der Waals surface area contributed by atoms with Crippen molar-refractivity contribution in [1.82, 2.24) is 4.98 Å². The van der Waals surface area contributed by atoms with Crippen molar-refractivity contribution in [3.63, 3.8) is 0 Å². The zero-order valence-electron chi connectivity index (χ0n) is 11.5. The van der Waals surface area contributed by atoms with Crippen LogP contribution < -0.4 is 10.6 Å². The summed E-state index contributed by atoms with van der Waals surface area (Å²) in [5.74, 6) is 0.982. The lowest BCUT2D eigenvalue weighted by atomic mass is 10.1. The summed E-state index contributed by atoms with van der Waals surface area (Å²) in [5, 5.41) is 6.05. The van der Waals surface area contributed by atoms with Crippen molar-refractivity contribution < 1.29 is 9.53 Å². The van der Waals surface area contributed by atoms with Crippen LogP contribution in [0.3, 0.4) is 0 Å². The average molecular weight is 271 g/mol. The molecule has 0 saturated carbocycles. The predicted molar refractivity (Wildman–Crippen MR) is 78.6 cm³/mol. The number of methoxy groups -OCH3 is 1. The second-order valence-electron chi connectivity index (χ2n) is 4.17. The van der Waals surface area contributed by atoms with Crippen LogP contribution >= 0.6 is 0 Å². The molecule has 5 nitrogen and oxygen atoms in total. The Morgan fingerprint density at radius 2 is 1.80 bits per heavy atom. The van der Waals surface area contributed by atoms with Gasteiger partial charge in [0.25, 0.3) is 0 Å². The summed E-state index contributed by atoms with van der Waals surface area (Å²) in [4.78, 5) is 16.3. The van der Waals surface area contributed by atoms with Gasteiger partial charge in [0, 0.05) is 7.05 Å². The van der Waals surface area contributed by atoms with E-state index in [0.717, 1.165) is 11.4 Å². The molecule has 0 spiro atoms. The summed E-state index contributed by atoms with van der Waals surface area (Å²) < 4.78 is 4.85. The van der Waals surface area contributed by atoms with E-state index in [0.29, 0.717) is 5.82 Å². The number of benzene rings is 1. The lowest BCUT2D eigenvalue weighted by Crippen LogP contribution is -2.22. The van der Waals surface area contributed by atoms with Gasteiger partial charge in [0.2, 0.25) is 0 Å². The number of nitrogens with zero attached hydrogens (tertiary/aromatic N) is 1. The number of pyridine rings is 1. The molecule has 0 saturated heterocycles. The maximum Gasteiger partial charge on any atom is 0.333 e. The van der Waals surface area contributed by atoms with E-state index < -0.39 is 6.04 Å². The minimum absolute atomic E-state index is 0.354. The zero-order chi connectivity index (χ0) is 14.4. The standard InChI is InChI=1S/C15H17N3O2/c1-16-12-9-6-10-13(17-12)18-14(15(19)20-2)11-7-4-3-5-8-11/h3-10,14H,1-2H3,(H2,16,17,18). The van der Waals surface area contributed by atoms with Crippen LogP contribution in [0, 0.1) is 0 Å². The molecule has 2 aromatic rings. The lowest BCUT2D eigenvalue weighted by molar-refractivity contribution is -0.141. The van der Waals surface area contributed by atoms with E-state index in [1.165, 1.54) is 7.11 Å². The first kappa shape index (κ1) is 13.9. The van der Waals surface area contributed by atoms with Crippen molar-refractivity contribution in [2.45, 2.75) is 6.04 Å². The highest BCUT2D eigenvalue weighted by molar-refractivity contribution is 5.80. The van der Waals surface area contributed by atoms with Crippen LogP contribution in [0.1, 0.15) is 11.6 Å². The highest BCUT2D eigenvalue weighted by atomic mass is 16.5.